The van der Waals surface area contributed by atoms with Crippen LogP contribution >= 0.6 is 0 Å². The smallest absolute Gasteiger partial charge is 0.130 e. The van der Waals surface area contributed by atoms with Crippen molar-refractivity contribution in [2.75, 3.05) is 18.8 Å². The van der Waals surface area contributed by atoms with Gasteiger partial charge in [-0.05, 0) is 26.0 Å². The summed E-state index contributed by atoms with van der Waals surface area (Å²) < 4.78 is 5.66. The Kier molecular flexibility index (Phi) is 3.33. The van der Waals surface area contributed by atoms with Gasteiger partial charge < -0.3 is 15.4 Å². The number of amidine groups is 1. The number of hydrogen-bond acceptors (Lipinski definition) is 3. The van der Waals surface area contributed by atoms with E-state index in [0.29, 0.717) is 11.5 Å². The molecule has 0 saturated carbocycles. The Morgan fingerprint density at radius 1 is 1.29 bits per heavy atom. The highest BCUT2D eigenvalue weighted by atomic mass is 16.5. The molecule has 4 heteroatoms. The summed E-state index contributed by atoms with van der Waals surface area (Å²) in [7, 11) is 0. The zero-order valence-electron chi connectivity index (χ0n) is 10.3. The van der Waals surface area contributed by atoms with Crippen molar-refractivity contribution in [1.29, 1.82) is 5.41 Å². The van der Waals surface area contributed by atoms with Crippen molar-refractivity contribution < 1.29 is 4.74 Å². The summed E-state index contributed by atoms with van der Waals surface area (Å²) >= 11 is 0. The lowest BCUT2D eigenvalue weighted by Crippen LogP contribution is -2.48. The Labute approximate surface area is 102 Å². The third kappa shape index (κ3) is 2.58. The summed E-state index contributed by atoms with van der Waals surface area (Å²) in [5.41, 5.74) is 7.36. The molecule has 17 heavy (non-hydrogen) atoms. The summed E-state index contributed by atoms with van der Waals surface area (Å²) in [6.45, 7) is 5.56. The largest absolute Gasteiger partial charge is 0.398 e. The Balaban J connectivity index is 2.17. The lowest BCUT2D eigenvalue weighted by atomic mass is 10.1. The molecule has 1 aromatic carbocycles. The van der Waals surface area contributed by atoms with Gasteiger partial charge in [-0.3, -0.25) is 5.41 Å². The van der Waals surface area contributed by atoms with Crippen LogP contribution in [0.3, 0.4) is 0 Å². The van der Waals surface area contributed by atoms with Gasteiger partial charge in [0.05, 0.1) is 12.2 Å². The van der Waals surface area contributed by atoms with Crippen LogP contribution in [0.25, 0.3) is 0 Å². The van der Waals surface area contributed by atoms with Gasteiger partial charge in [0.2, 0.25) is 0 Å². The van der Waals surface area contributed by atoms with Crippen molar-refractivity contribution in [1.82, 2.24) is 4.90 Å². The van der Waals surface area contributed by atoms with Crippen molar-refractivity contribution in [3.8, 4) is 0 Å². The van der Waals surface area contributed by atoms with Crippen molar-refractivity contribution in [3.63, 3.8) is 0 Å². The molecule has 0 bridgehead atoms. The van der Waals surface area contributed by atoms with Crippen LogP contribution in [0, 0.1) is 5.41 Å². The number of anilines is 1. The molecule has 0 unspecified atom stereocenters. The first-order chi connectivity index (χ1) is 8.08. The van der Waals surface area contributed by atoms with Gasteiger partial charge >= 0.3 is 0 Å². The zero-order valence-corrected chi connectivity index (χ0v) is 10.3. The molecule has 0 radical (unpaired) electrons. The van der Waals surface area contributed by atoms with E-state index >= 15 is 0 Å². The number of rotatable bonds is 1. The fourth-order valence-corrected chi connectivity index (χ4v) is 2.24. The number of nitrogens with zero attached hydrogens (tertiary/aromatic N) is 1. The molecule has 2 atom stereocenters. The number of nitrogen functional groups attached to an aromatic ring is 1. The molecule has 3 N–H and O–H groups in total. The van der Waals surface area contributed by atoms with Gasteiger partial charge in [-0.2, -0.15) is 0 Å². The van der Waals surface area contributed by atoms with Crippen LogP contribution in [0.5, 0.6) is 0 Å². The summed E-state index contributed by atoms with van der Waals surface area (Å²) in [4.78, 5) is 2.03. The van der Waals surface area contributed by atoms with Gasteiger partial charge in [0, 0.05) is 24.3 Å². The van der Waals surface area contributed by atoms with Gasteiger partial charge in [-0.15, -0.1) is 0 Å². The predicted molar refractivity (Wildman–Crippen MR) is 69.3 cm³/mol. The average molecular weight is 233 g/mol. The molecule has 0 amide bonds. The second-order valence-electron chi connectivity index (χ2n) is 4.60. The Bertz CT molecular complexity index is 409. The van der Waals surface area contributed by atoms with E-state index in [4.69, 9.17) is 15.9 Å². The lowest BCUT2D eigenvalue weighted by Gasteiger charge is -2.37. The molecule has 1 aliphatic rings. The molecule has 0 aromatic heterocycles. The van der Waals surface area contributed by atoms with Crippen molar-refractivity contribution in [2.24, 2.45) is 0 Å². The standard InChI is InChI=1S/C13H19N3O/c1-9-7-16(8-10(2)17-9)13(15)11-5-3-4-6-12(11)14/h3-6,9-10,15H,7-8,14H2,1-2H3/t9-,10-/m1/s1. The van der Waals surface area contributed by atoms with Gasteiger partial charge in [0.25, 0.3) is 0 Å². The van der Waals surface area contributed by atoms with E-state index in [2.05, 4.69) is 0 Å². The lowest BCUT2D eigenvalue weighted by molar-refractivity contribution is -0.0480. The van der Waals surface area contributed by atoms with Gasteiger partial charge in [0.15, 0.2) is 0 Å². The van der Waals surface area contributed by atoms with Crippen LogP contribution in [0.15, 0.2) is 24.3 Å². The predicted octanol–water partition coefficient (Wildman–Crippen LogP) is 1.70. The molecule has 2 rings (SSSR count). The van der Waals surface area contributed by atoms with Crippen LogP contribution in [-0.4, -0.2) is 36.0 Å². The normalized spacial score (nSPS) is 24.7. The molecule has 1 aromatic rings. The van der Waals surface area contributed by atoms with Crippen molar-refractivity contribution >= 4 is 11.5 Å². The summed E-state index contributed by atoms with van der Waals surface area (Å²) in [6.07, 6.45) is 0.313. The Morgan fingerprint density at radius 3 is 2.47 bits per heavy atom. The first kappa shape index (κ1) is 11.9. The Hall–Kier alpha value is -1.55. The minimum absolute atomic E-state index is 0.157. The van der Waals surface area contributed by atoms with E-state index in [9.17, 15) is 0 Å². The molecule has 1 heterocycles. The molecule has 92 valence electrons. The molecule has 1 saturated heterocycles. The highest BCUT2D eigenvalue weighted by molar-refractivity contribution is 6.01. The summed E-state index contributed by atoms with van der Waals surface area (Å²) in [5.74, 6) is 0.491. The van der Waals surface area contributed by atoms with Crippen LogP contribution in [-0.2, 0) is 4.74 Å². The molecular formula is C13H19N3O. The number of morpholine rings is 1. The number of nitrogens with two attached hydrogens (primary N) is 1. The number of hydrogen-bond donors (Lipinski definition) is 2. The summed E-state index contributed by atoms with van der Waals surface area (Å²) in [5, 5.41) is 8.24. The fourth-order valence-electron chi connectivity index (χ4n) is 2.24. The van der Waals surface area contributed by atoms with E-state index in [1.165, 1.54) is 0 Å². The SMILES string of the molecule is C[C@@H]1CN(C(=N)c2ccccc2N)C[C@@H](C)O1. The molecule has 1 fully saturated rings. The first-order valence-electron chi connectivity index (χ1n) is 5.91. The summed E-state index contributed by atoms with van der Waals surface area (Å²) in [6, 6.07) is 7.52. The topological polar surface area (TPSA) is 62.3 Å². The highest BCUT2D eigenvalue weighted by Gasteiger charge is 2.25. The highest BCUT2D eigenvalue weighted by Crippen LogP contribution is 2.17. The van der Waals surface area contributed by atoms with E-state index < -0.39 is 0 Å². The maximum absolute atomic E-state index is 8.24. The van der Waals surface area contributed by atoms with Crippen LogP contribution in [0.1, 0.15) is 19.4 Å². The molecule has 4 nitrogen and oxygen atoms in total. The molecule has 0 aliphatic carbocycles. The molecule has 1 aliphatic heterocycles. The number of nitrogens with one attached hydrogen (secondary N) is 1. The monoisotopic (exact) mass is 233 g/mol. The van der Waals surface area contributed by atoms with Crippen molar-refractivity contribution in [3.05, 3.63) is 29.8 Å². The van der Waals surface area contributed by atoms with Gasteiger partial charge in [-0.25, -0.2) is 0 Å². The first-order valence-corrected chi connectivity index (χ1v) is 5.91. The van der Waals surface area contributed by atoms with Crippen molar-refractivity contribution in [2.45, 2.75) is 26.1 Å². The Morgan fingerprint density at radius 2 is 1.88 bits per heavy atom. The average Bonchev–Trinajstić information content (AvgIpc) is 2.27. The van der Waals surface area contributed by atoms with E-state index in [1.807, 2.05) is 43.0 Å². The second kappa shape index (κ2) is 4.75. The maximum atomic E-state index is 8.24. The third-order valence-electron chi connectivity index (χ3n) is 2.95. The van der Waals surface area contributed by atoms with Gasteiger partial charge in [-0.1, -0.05) is 12.1 Å². The second-order valence-corrected chi connectivity index (χ2v) is 4.60. The third-order valence-corrected chi connectivity index (χ3v) is 2.95. The van der Waals surface area contributed by atoms with Crippen LogP contribution < -0.4 is 5.73 Å². The molecular weight excluding hydrogens is 214 g/mol. The number of para-hydroxylation sites is 1. The quantitative estimate of drug-likeness (QED) is 0.441. The maximum Gasteiger partial charge on any atom is 0.130 e. The minimum Gasteiger partial charge on any atom is -0.398 e. The van der Waals surface area contributed by atoms with E-state index in [0.717, 1.165) is 18.7 Å². The minimum atomic E-state index is 0.157. The van der Waals surface area contributed by atoms with E-state index in [-0.39, 0.29) is 12.2 Å². The number of benzene rings is 1. The number of ether oxygens (including phenoxy) is 1. The zero-order chi connectivity index (χ0) is 12.4. The fraction of sp³-hybridized carbons (Fsp3) is 0.462. The van der Waals surface area contributed by atoms with Gasteiger partial charge in [0.1, 0.15) is 5.84 Å². The van der Waals surface area contributed by atoms with Crippen LogP contribution in [0.2, 0.25) is 0 Å². The van der Waals surface area contributed by atoms with Crippen LogP contribution in [0.4, 0.5) is 5.69 Å². The van der Waals surface area contributed by atoms with E-state index in [1.54, 1.807) is 0 Å². The molecule has 0 spiro atoms.